The number of nitrogens with one attached hydrogen (secondary N) is 1. The third-order valence-corrected chi connectivity index (χ3v) is 3.16. The zero-order chi connectivity index (χ0) is 12.6. The van der Waals surface area contributed by atoms with E-state index >= 15 is 0 Å². The second-order valence-electron chi connectivity index (χ2n) is 4.65. The first-order chi connectivity index (χ1) is 8.84. The number of rotatable bonds is 5. The molecule has 1 saturated heterocycles. The van der Waals surface area contributed by atoms with Crippen molar-refractivity contribution in [3.8, 4) is 0 Å². The van der Waals surface area contributed by atoms with Crippen LogP contribution in [0, 0.1) is 0 Å². The van der Waals surface area contributed by atoms with E-state index in [0.29, 0.717) is 13.0 Å². The zero-order valence-electron chi connectivity index (χ0n) is 10.6. The summed E-state index contributed by atoms with van der Waals surface area (Å²) in [6, 6.07) is 3.88. The van der Waals surface area contributed by atoms with E-state index in [1.165, 1.54) is 6.42 Å². The Bertz CT molecular complexity index is 361. The molecule has 1 aliphatic rings. The van der Waals surface area contributed by atoms with Gasteiger partial charge in [0.05, 0.1) is 6.10 Å². The van der Waals surface area contributed by atoms with Crippen molar-refractivity contribution in [2.45, 2.75) is 38.2 Å². The van der Waals surface area contributed by atoms with Gasteiger partial charge in [-0.1, -0.05) is 6.07 Å². The summed E-state index contributed by atoms with van der Waals surface area (Å²) in [5.74, 6) is 0.0908. The summed E-state index contributed by atoms with van der Waals surface area (Å²) in [5.41, 5.74) is 1.10. The lowest BCUT2D eigenvalue weighted by atomic mass is 10.1. The van der Waals surface area contributed by atoms with Crippen molar-refractivity contribution in [1.29, 1.82) is 0 Å². The Morgan fingerprint density at radius 3 is 3.17 bits per heavy atom. The second kappa shape index (κ2) is 7.11. The van der Waals surface area contributed by atoms with Crippen molar-refractivity contribution in [3.05, 3.63) is 30.1 Å². The van der Waals surface area contributed by atoms with Gasteiger partial charge >= 0.3 is 0 Å². The number of hydrogen-bond donors (Lipinski definition) is 1. The lowest BCUT2D eigenvalue weighted by molar-refractivity contribution is -0.122. The molecule has 1 amide bonds. The Kier molecular flexibility index (Phi) is 5.15. The average molecular weight is 248 g/mol. The molecule has 4 heteroatoms. The maximum Gasteiger partial charge on any atom is 0.220 e. The minimum atomic E-state index is 0.0908. The number of ether oxygens (including phenoxy) is 1. The van der Waals surface area contributed by atoms with Crippen LogP contribution >= 0.6 is 0 Å². The van der Waals surface area contributed by atoms with Gasteiger partial charge < -0.3 is 10.1 Å². The van der Waals surface area contributed by atoms with Crippen LogP contribution in [-0.2, 0) is 16.0 Å². The number of aryl methyl sites for hydroxylation is 1. The van der Waals surface area contributed by atoms with Gasteiger partial charge in [0.2, 0.25) is 5.91 Å². The molecule has 0 unspecified atom stereocenters. The first-order valence-corrected chi connectivity index (χ1v) is 6.62. The minimum Gasteiger partial charge on any atom is -0.376 e. The van der Waals surface area contributed by atoms with E-state index in [1.807, 2.05) is 12.1 Å². The van der Waals surface area contributed by atoms with E-state index in [0.717, 1.165) is 31.4 Å². The zero-order valence-corrected chi connectivity index (χ0v) is 10.6. The highest BCUT2D eigenvalue weighted by Gasteiger charge is 2.14. The third-order valence-electron chi connectivity index (χ3n) is 3.16. The van der Waals surface area contributed by atoms with Gasteiger partial charge in [-0.25, -0.2) is 0 Å². The van der Waals surface area contributed by atoms with Gasteiger partial charge in [0.25, 0.3) is 0 Å². The van der Waals surface area contributed by atoms with Crippen LogP contribution in [0.1, 0.15) is 31.2 Å². The highest BCUT2D eigenvalue weighted by Crippen LogP contribution is 2.11. The van der Waals surface area contributed by atoms with Crippen LogP contribution in [0.3, 0.4) is 0 Å². The monoisotopic (exact) mass is 248 g/mol. The third kappa shape index (κ3) is 4.45. The SMILES string of the molecule is O=C(CCc1cccnc1)NC[C@@H]1CCCCO1. The molecule has 1 atom stereocenters. The normalized spacial score (nSPS) is 19.4. The quantitative estimate of drug-likeness (QED) is 0.863. The lowest BCUT2D eigenvalue weighted by Crippen LogP contribution is -2.35. The number of pyridine rings is 1. The molecule has 0 spiro atoms. The molecule has 1 N–H and O–H groups in total. The van der Waals surface area contributed by atoms with Crippen LogP contribution < -0.4 is 5.32 Å². The predicted octanol–water partition coefficient (Wildman–Crippen LogP) is 1.70. The first-order valence-electron chi connectivity index (χ1n) is 6.62. The molecule has 4 nitrogen and oxygen atoms in total. The minimum absolute atomic E-state index is 0.0908. The second-order valence-corrected chi connectivity index (χ2v) is 4.65. The molecule has 2 heterocycles. The Morgan fingerprint density at radius 2 is 2.44 bits per heavy atom. The number of aromatic nitrogens is 1. The van der Waals surface area contributed by atoms with E-state index in [4.69, 9.17) is 4.74 Å². The largest absolute Gasteiger partial charge is 0.376 e. The predicted molar refractivity (Wildman–Crippen MR) is 69.2 cm³/mol. The number of carbonyl (C=O) groups is 1. The van der Waals surface area contributed by atoms with E-state index in [-0.39, 0.29) is 12.0 Å². The van der Waals surface area contributed by atoms with E-state index in [1.54, 1.807) is 12.4 Å². The average Bonchev–Trinajstić information content (AvgIpc) is 2.45. The molecule has 0 saturated carbocycles. The molecule has 0 radical (unpaired) electrons. The van der Waals surface area contributed by atoms with Gasteiger partial charge in [0.15, 0.2) is 0 Å². The van der Waals surface area contributed by atoms with Crippen LogP contribution in [0.2, 0.25) is 0 Å². The molecule has 98 valence electrons. The summed E-state index contributed by atoms with van der Waals surface area (Å²) in [5, 5.41) is 2.94. The highest BCUT2D eigenvalue weighted by atomic mass is 16.5. The lowest BCUT2D eigenvalue weighted by Gasteiger charge is -2.22. The molecule has 1 aromatic heterocycles. The molecular weight excluding hydrogens is 228 g/mol. The van der Waals surface area contributed by atoms with Crippen molar-refractivity contribution in [3.63, 3.8) is 0 Å². The fourth-order valence-electron chi connectivity index (χ4n) is 2.09. The maximum absolute atomic E-state index is 11.7. The van der Waals surface area contributed by atoms with Crippen LogP contribution in [0.4, 0.5) is 0 Å². The summed E-state index contributed by atoms with van der Waals surface area (Å²) in [7, 11) is 0. The molecule has 0 aromatic carbocycles. The molecule has 0 bridgehead atoms. The molecule has 1 fully saturated rings. The van der Waals surface area contributed by atoms with Gasteiger partial charge in [0.1, 0.15) is 0 Å². The van der Waals surface area contributed by atoms with E-state index in [9.17, 15) is 4.79 Å². The molecule has 2 rings (SSSR count). The summed E-state index contributed by atoms with van der Waals surface area (Å²) in [6.07, 6.45) is 8.41. The standard InChI is InChI=1S/C14H20N2O2/c17-14(7-6-12-4-3-8-15-10-12)16-11-13-5-1-2-9-18-13/h3-4,8,10,13H,1-2,5-7,9,11H2,(H,16,17)/t13-/m0/s1. The highest BCUT2D eigenvalue weighted by molar-refractivity contribution is 5.76. The van der Waals surface area contributed by atoms with Crippen LogP contribution in [-0.4, -0.2) is 30.1 Å². The molecule has 0 aliphatic carbocycles. The van der Waals surface area contributed by atoms with Gasteiger partial charge in [-0.15, -0.1) is 0 Å². The fraction of sp³-hybridized carbons (Fsp3) is 0.571. The van der Waals surface area contributed by atoms with Crippen molar-refractivity contribution in [2.24, 2.45) is 0 Å². The topological polar surface area (TPSA) is 51.2 Å². The first kappa shape index (κ1) is 13.0. The number of hydrogen-bond acceptors (Lipinski definition) is 3. The molecule has 1 aromatic rings. The van der Waals surface area contributed by atoms with Crippen LogP contribution in [0.5, 0.6) is 0 Å². The summed E-state index contributed by atoms with van der Waals surface area (Å²) in [6.45, 7) is 1.47. The van der Waals surface area contributed by atoms with Gasteiger partial charge in [-0.05, 0) is 37.3 Å². The number of nitrogens with zero attached hydrogens (tertiary/aromatic N) is 1. The Hall–Kier alpha value is -1.42. The summed E-state index contributed by atoms with van der Waals surface area (Å²) >= 11 is 0. The Morgan fingerprint density at radius 1 is 1.50 bits per heavy atom. The van der Waals surface area contributed by atoms with Gasteiger partial charge in [-0.2, -0.15) is 0 Å². The van der Waals surface area contributed by atoms with E-state index < -0.39 is 0 Å². The summed E-state index contributed by atoms with van der Waals surface area (Å²) < 4.78 is 5.57. The Balaban J connectivity index is 1.63. The van der Waals surface area contributed by atoms with Crippen LogP contribution in [0.25, 0.3) is 0 Å². The Labute approximate surface area is 108 Å². The fourth-order valence-corrected chi connectivity index (χ4v) is 2.09. The maximum atomic E-state index is 11.7. The molecule has 1 aliphatic heterocycles. The summed E-state index contributed by atoms with van der Waals surface area (Å²) in [4.78, 5) is 15.7. The van der Waals surface area contributed by atoms with E-state index in [2.05, 4.69) is 10.3 Å². The smallest absolute Gasteiger partial charge is 0.220 e. The number of carbonyl (C=O) groups excluding carboxylic acids is 1. The molecular formula is C14H20N2O2. The van der Waals surface area contributed by atoms with Crippen LogP contribution in [0.15, 0.2) is 24.5 Å². The van der Waals surface area contributed by atoms with Crippen molar-refractivity contribution >= 4 is 5.91 Å². The number of amides is 1. The van der Waals surface area contributed by atoms with Gasteiger partial charge in [-0.3, -0.25) is 9.78 Å². The van der Waals surface area contributed by atoms with Crippen molar-refractivity contribution < 1.29 is 9.53 Å². The van der Waals surface area contributed by atoms with Crippen molar-refractivity contribution in [2.75, 3.05) is 13.2 Å². The molecule has 18 heavy (non-hydrogen) atoms. The van der Waals surface area contributed by atoms with Gasteiger partial charge in [0, 0.05) is 32.0 Å². The van der Waals surface area contributed by atoms with Crippen molar-refractivity contribution in [1.82, 2.24) is 10.3 Å².